The summed E-state index contributed by atoms with van der Waals surface area (Å²) in [4.78, 5) is 15.2. The minimum atomic E-state index is 0.846. The summed E-state index contributed by atoms with van der Waals surface area (Å²) in [6.45, 7) is 0.846. The molecule has 1 aliphatic rings. The van der Waals surface area contributed by atoms with E-state index in [1.165, 1.54) is 0 Å². The lowest BCUT2D eigenvalue weighted by Gasteiger charge is -2.13. The maximum absolute atomic E-state index is 4.52. The van der Waals surface area contributed by atoms with Crippen LogP contribution in [0.3, 0.4) is 0 Å². The Morgan fingerprint density at radius 3 is 2.63 bits per heavy atom. The van der Waals surface area contributed by atoms with Crippen molar-refractivity contribution < 1.29 is 0 Å². The van der Waals surface area contributed by atoms with Gasteiger partial charge < -0.3 is 4.90 Å². The van der Waals surface area contributed by atoms with Crippen LogP contribution in [0.15, 0.2) is 35.6 Å². The van der Waals surface area contributed by atoms with Gasteiger partial charge in [-0.2, -0.15) is 0 Å². The Morgan fingerprint density at radius 1 is 1.05 bits per heavy atom. The lowest BCUT2D eigenvalue weighted by Crippen LogP contribution is -2.10. The van der Waals surface area contributed by atoms with Crippen LogP contribution in [0, 0.1) is 0 Å². The van der Waals surface area contributed by atoms with Gasteiger partial charge in [0.1, 0.15) is 5.82 Å². The van der Waals surface area contributed by atoms with Crippen molar-refractivity contribution >= 4 is 12.0 Å². The van der Waals surface area contributed by atoms with Crippen molar-refractivity contribution in [1.29, 1.82) is 0 Å². The molecule has 0 spiro atoms. The highest BCUT2D eigenvalue weighted by Crippen LogP contribution is 2.22. The quantitative estimate of drug-likeness (QED) is 0.822. The maximum atomic E-state index is 4.52. The SMILES string of the molecule is CN(C)c1ccc(-c2cnc3c(c2)C=NCC3)cn1. The molecule has 0 fully saturated rings. The van der Waals surface area contributed by atoms with Crippen LogP contribution in [0.2, 0.25) is 0 Å². The molecule has 19 heavy (non-hydrogen) atoms. The molecule has 0 bridgehead atoms. The van der Waals surface area contributed by atoms with Crippen LogP contribution in [0.25, 0.3) is 11.1 Å². The second-order valence-corrected chi connectivity index (χ2v) is 4.84. The summed E-state index contributed by atoms with van der Waals surface area (Å²) >= 11 is 0. The summed E-state index contributed by atoms with van der Waals surface area (Å²) in [6.07, 6.45) is 6.66. The molecule has 3 rings (SSSR count). The Labute approximate surface area is 112 Å². The molecule has 0 saturated heterocycles. The highest BCUT2D eigenvalue weighted by atomic mass is 15.1. The molecule has 4 nitrogen and oxygen atoms in total. The molecule has 2 aromatic rings. The third-order valence-electron chi connectivity index (χ3n) is 3.25. The van der Waals surface area contributed by atoms with E-state index in [0.29, 0.717) is 0 Å². The van der Waals surface area contributed by atoms with Crippen molar-refractivity contribution in [2.45, 2.75) is 6.42 Å². The fourth-order valence-corrected chi connectivity index (χ4v) is 2.14. The van der Waals surface area contributed by atoms with Gasteiger partial charge in [0.2, 0.25) is 0 Å². The molecule has 1 aliphatic heterocycles. The number of aliphatic imine (C=N–C) groups is 1. The number of fused-ring (bicyclic) bond motifs is 1. The van der Waals surface area contributed by atoms with E-state index in [0.717, 1.165) is 41.2 Å². The van der Waals surface area contributed by atoms with E-state index >= 15 is 0 Å². The maximum Gasteiger partial charge on any atom is 0.127 e. The lowest BCUT2D eigenvalue weighted by atomic mass is 10.0. The molecular weight excluding hydrogens is 236 g/mol. The largest absolute Gasteiger partial charge is 0.363 e. The number of hydrogen-bond acceptors (Lipinski definition) is 4. The lowest BCUT2D eigenvalue weighted by molar-refractivity contribution is 0.906. The van der Waals surface area contributed by atoms with Gasteiger partial charge in [-0.1, -0.05) is 0 Å². The van der Waals surface area contributed by atoms with Gasteiger partial charge in [-0.3, -0.25) is 9.98 Å². The molecule has 0 radical (unpaired) electrons. The molecule has 0 saturated carbocycles. The Kier molecular flexibility index (Phi) is 2.99. The first kappa shape index (κ1) is 11.8. The number of nitrogens with zero attached hydrogens (tertiary/aromatic N) is 4. The highest BCUT2D eigenvalue weighted by Gasteiger charge is 2.09. The molecule has 2 aromatic heterocycles. The summed E-state index contributed by atoms with van der Waals surface area (Å²) in [5.74, 6) is 0.955. The van der Waals surface area contributed by atoms with Crippen molar-refractivity contribution in [2.24, 2.45) is 4.99 Å². The monoisotopic (exact) mass is 252 g/mol. The molecule has 0 N–H and O–H groups in total. The average Bonchev–Trinajstić information content (AvgIpc) is 2.47. The predicted molar refractivity (Wildman–Crippen MR) is 78.0 cm³/mol. The average molecular weight is 252 g/mol. The predicted octanol–water partition coefficient (Wildman–Crippen LogP) is 2.18. The molecule has 96 valence electrons. The van der Waals surface area contributed by atoms with E-state index in [1.54, 1.807) is 0 Å². The van der Waals surface area contributed by atoms with Gasteiger partial charge >= 0.3 is 0 Å². The van der Waals surface area contributed by atoms with E-state index in [4.69, 9.17) is 0 Å². The number of rotatable bonds is 2. The molecule has 0 atom stereocenters. The van der Waals surface area contributed by atoms with Gasteiger partial charge in [0.15, 0.2) is 0 Å². The Balaban J connectivity index is 1.96. The standard InChI is InChI=1S/C15H16N4/c1-19(2)15-4-3-11(9-18-15)12-7-13-8-16-6-5-14(13)17-10-12/h3-4,7-10H,5-6H2,1-2H3. The first-order chi connectivity index (χ1) is 9.24. The summed E-state index contributed by atoms with van der Waals surface area (Å²) in [5, 5.41) is 0. The smallest absolute Gasteiger partial charge is 0.127 e. The van der Waals surface area contributed by atoms with E-state index in [2.05, 4.69) is 27.1 Å². The molecule has 4 heteroatoms. The normalized spacial score (nSPS) is 13.2. The summed E-state index contributed by atoms with van der Waals surface area (Å²) in [6, 6.07) is 6.23. The number of aromatic nitrogens is 2. The fourth-order valence-electron chi connectivity index (χ4n) is 2.14. The van der Waals surface area contributed by atoms with Crippen molar-refractivity contribution in [2.75, 3.05) is 25.5 Å². The first-order valence-corrected chi connectivity index (χ1v) is 6.36. The van der Waals surface area contributed by atoms with Crippen molar-refractivity contribution in [1.82, 2.24) is 9.97 Å². The number of anilines is 1. The van der Waals surface area contributed by atoms with Crippen LogP contribution >= 0.6 is 0 Å². The van der Waals surface area contributed by atoms with Crippen LogP contribution < -0.4 is 4.90 Å². The topological polar surface area (TPSA) is 41.4 Å². The van der Waals surface area contributed by atoms with E-state index < -0.39 is 0 Å². The minimum absolute atomic E-state index is 0.846. The second-order valence-electron chi connectivity index (χ2n) is 4.84. The van der Waals surface area contributed by atoms with E-state index in [-0.39, 0.29) is 0 Å². The highest BCUT2D eigenvalue weighted by molar-refractivity contribution is 5.84. The molecule has 0 aliphatic carbocycles. The fraction of sp³-hybridized carbons (Fsp3) is 0.267. The zero-order valence-corrected chi connectivity index (χ0v) is 11.2. The van der Waals surface area contributed by atoms with Gasteiger partial charge in [0.05, 0.1) is 5.69 Å². The van der Waals surface area contributed by atoms with Crippen molar-refractivity contribution in [3.05, 3.63) is 41.9 Å². The second kappa shape index (κ2) is 4.80. The summed E-state index contributed by atoms with van der Waals surface area (Å²) < 4.78 is 0. The van der Waals surface area contributed by atoms with Gasteiger partial charge in [0.25, 0.3) is 0 Å². The zero-order chi connectivity index (χ0) is 13.2. The van der Waals surface area contributed by atoms with Crippen LogP contribution in [-0.2, 0) is 6.42 Å². The van der Waals surface area contributed by atoms with Crippen LogP contribution in [0.5, 0.6) is 0 Å². The van der Waals surface area contributed by atoms with Crippen LogP contribution in [0.4, 0.5) is 5.82 Å². The Morgan fingerprint density at radius 2 is 1.89 bits per heavy atom. The van der Waals surface area contributed by atoms with Gasteiger partial charge in [-0.25, -0.2) is 4.98 Å². The summed E-state index contributed by atoms with van der Waals surface area (Å²) in [5.41, 5.74) is 4.43. The Hall–Kier alpha value is -2.23. The van der Waals surface area contributed by atoms with Crippen molar-refractivity contribution in [3.63, 3.8) is 0 Å². The van der Waals surface area contributed by atoms with Gasteiger partial charge in [0, 0.05) is 62.4 Å². The van der Waals surface area contributed by atoms with Crippen LogP contribution in [-0.4, -0.2) is 36.8 Å². The van der Waals surface area contributed by atoms with Crippen molar-refractivity contribution in [3.8, 4) is 11.1 Å². The van der Waals surface area contributed by atoms with Gasteiger partial charge in [-0.15, -0.1) is 0 Å². The van der Waals surface area contributed by atoms with E-state index in [9.17, 15) is 0 Å². The number of pyridine rings is 2. The summed E-state index contributed by atoms with van der Waals surface area (Å²) in [7, 11) is 3.97. The van der Waals surface area contributed by atoms with Crippen LogP contribution in [0.1, 0.15) is 11.3 Å². The zero-order valence-electron chi connectivity index (χ0n) is 11.2. The molecule has 0 amide bonds. The Bertz CT molecular complexity index is 615. The molecular formula is C15H16N4. The molecule has 0 unspecified atom stereocenters. The first-order valence-electron chi connectivity index (χ1n) is 6.36. The molecule has 0 aromatic carbocycles. The number of hydrogen-bond donors (Lipinski definition) is 0. The van der Waals surface area contributed by atoms with E-state index in [1.807, 2.05) is 43.7 Å². The third kappa shape index (κ3) is 2.34. The third-order valence-corrected chi connectivity index (χ3v) is 3.25. The minimum Gasteiger partial charge on any atom is -0.363 e. The molecule has 3 heterocycles. The van der Waals surface area contributed by atoms with Gasteiger partial charge in [-0.05, 0) is 18.2 Å².